The van der Waals surface area contributed by atoms with Crippen LogP contribution < -0.4 is 10.6 Å². The Hall–Kier alpha value is -1.23. The Labute approximate surface area is 121 Å². The molecule has 0 saturated carbocycles. The van der Waals surface area contributed by atoms with Crippen molar-refractivity contribution < 1.29 is 8.42 Å². The zero-order valence-electron chi connectivity index (χ0n) is 12.5. The van der Waals surface area contributed by atoms with Gasteiger partial charge in [-0.15, -0.1) is 0 Å². The van der Waals surface area contributed by atoms with Gasteiger partial charge in [-0.25, -0.2) is 8.42 Å². The van der Waals surface area contributed by atoms with Crippen molar-refractivity contribution in [1.82, 2.24) is 0 Å². The number of nitrogens with zero attached hydrogens (tertiary/aromatic N) is 1. The predicted molar refractivity (Wildman–Crippen MR) is 83.7 cm³/mol. The first kappa shape index (κ1) is 15.2. The van der Waals surface area contributed by atoms with E-state index in [1.54, 1.807) is 12.1 Å². The van der Waals surface area contributed by atoms with Crippen molar-refractivity contribution in [2.24, 2.45) is 11.8 Å². The van der Waals surface area contributed by atoms with Crippen molar-refractivity contribution in [3.05, 3.63) is 18.2 Å². The van der Waals surface area contributed by atoms with Gasteiger partial charge >= 0.3 is 0 Å². The number of anilines is 2. The molecule has 20 heavy (non-hydrogen) atoms. The molecule has 0 atom stereocenters. The molecule has 5 heteroatoms. The van der Waals surface area contributed by atoms with E-state index in [1.807, 2.05) is 6.07 Å². The summed E-state index contributed by atoms with van der Waals surface area (Å²) in [6.45, 7) is 6.42. The number of sulfone groups is 1. The molecule has 1 fully saturated rings. The Morgan fingerprint density at radius 2 is 1.85 bits per heavy atom. The highest BCUT2D eigenvalue weighted by Gasteiger charge is 2.24. The fourth-order valence-electron chi connectivity index (χ4n) is 2.94. The molecular weight excluding hydrogens is 272 g/mol. The third-order valence-electron chi connectivity index (χ3n) is 4.27. The number of hydrogen-bond donors (Lipinski definition) is 1. The number of nitrogen functional groups attached to an aromatic ring is 1. The topological polar surface area (TPSA) is 63.4 Å². The van der Waals surface area contributed by atoms with Crippen LogP contribution in [0.3, 0.4) is 0 Å². The summed E-state index contributed by atoms with van der Waals surface area (Å²) >= 11 is 0. The van der Waals surface area contributed by atoms with E-state index in [4.69, 9.17) is 5.73 Å². The molecule has 1 aromatic carbocycles. The summed E-state index contributed by atoms with van der Waals surface area (Å²) in [5.41, 5.74) is 7.32. The third-order valence-corrected chi connectivity index (χ3v) is 5.42. The van der Waals surface area contributed by atoms with Gasteiger partial charge in [0.05, 0.1) is 16.3 Å². The maximum atomic E-state index is 11.7. The molecule has 0 unspecified atom stereocenters. The van der Waals surface area contributed by atoms with Crippen LogP contribution in [0.4, 0.5) is 11.4 Å². The SMILES string of the molecule is CC(C)C1CCN(c2cccc(S(C)(=O)=O)c2N)CC1. The molecule has 0 spiro atoms. The highest BCUT2D eigenvalue weighted by molar-refractivity contribution is 7.90. The molecule has 1 aliphatic heterocycles. The normalized spacial score (nSPS) is 17.7. The molecule has 4 nitrogen and oxygen atoms in total. The smallest absolute Gasteiger partial charge is 0.177 e. The summed E-state index contributed by atoms with van der Waals surface area (Å²) in [5, 5.41) is 0. The fourth-order valence-corrected chi connectivity index (χ4v) is 3.77. The quantitative estimate of drug-likeness (QED) is 0.871. The maximum Gasteiger partial charge on any atom is 0.177 e. The van der Waals surface area contributed by atoms with E-state index in [2.05, 4.69) is 18.7 Å². The lowest BCUT2D eigenvalue weighted by molar-refractivity contribution is 0.311. The number of para-hydroxylation sites is 1. The molecule has 1 heterocycles. The van der Waals surface area contributed by atoms with E-state index in [0.29, 0.717) is 11.6 Å². The highest BCUT2D eigenvalue weighted by Crippen LogP contribution is 2.33. The van der Waals surface area contributed by atoms with E-state index >= 15 is 0 Å². The van der Waals surface area contributed by atoms with Gasteiger partial charge in [0.1, 0.15) is 0 Å². The maximum absolute atomic E-state index is 11.7. The van der Waals surface area contributed by atoms with Crippen LogP contribution in [0, 0.1) is 11.8 Å². The van der Waals surface area contributed by atoms with Crippen molar-refractivity contribution >= 4 is 21.2 Å². The van der Waals surface area contributed by atoms with Gasteiger partial charge in [-0.05, 0) is 36.8 Å². The molecule has 1 aliphatic rings. The van der Waals surface area contributed by atoms with Crippen LogP contribution in [0.15, 0.2) is 23.1 Å². The number of hydrogen-bond acceptors (Lipinski definition) is 4. The average Bonchev–Trinajstić information content (AvgIpc) is 2.37. The van der Waals surface area contributed by atoms with E-state index in [0.717, 1.165) is 37.5 Å². The largest absolute Gasteiger partial charge is 0.396 e. The second-order valence-corrected chi connectivity index (χ2v) is 8.01. The average molecular weight is 296 g/mol. The second-order valence-electron chi connectivity index (χ2n) is 6.03. The number of rotatable bonds is 3. The van der Waals surface area contributed by atoms with Crippen LogP contribution in [0.25, 0.3) is 0 Å². The standard InChI is InChI=1S/C15H24N2O2S/c1-11(2)12-7-9-17(10-8-12)13-5-4-6-14(15(13)16)20(3,18)19/h4-6,11-12H,7-10,16H2,1-3H3. The molecule has 0 aromatic heterocycles. The number of piperidine rings is 1. The van der Waals surface area contributed by atoms with Crippen LogP contribution in [-0.2, 0) is 9.84 Å². The Kier molecular flexibility index (Phi) is 4.28. The minimum atomic E-state index is -3.27. The Bertz CT molecular complexity index is 574. The van der Waals surface area contributed by atoms with Crippen molar-refractivity contribution in [1.29, 1.82) is 0 Å². The summed E-state index contributed by atoms with van der Waals surface area (Å²) < 4.78 is 23.5. The fraction of sp³-hybridized carbons (Fsp3) is 0.600. The first-order chi connectivity index (χ1) is 9.30. The Morgan fingerprint density at radius 1 is 1.25 bits per heavy atom. The molecule has 2 N–H and O–H groups in total. The van der Waals surface area contributed by atoms with E-state index < -0.39 is 9.84 Å². The minimum Gasteiger partial charge on any atom is -0.396 e. The molecule has 0 radical (unpaired) electrons. The zero-order valence-corrected chi connectivity index (χ0v) is 13.3. The van der Waals surface area contributed by atoms with Gasteiger partial charge in [0.15, 0.2) is 9.84 Å². The number of nitrogens with two attached hydrogens (primary N) is 1. The van der Waals surface area contributed by atoms with Crippen molar-refractivity contribution in [3.63, 3.8) is 0 Å². The van der Waals surface area contributed by atoms with Gasteiger partial charge in [-0.2, -0.15) is 0 Å². The van der Waals surface area contributed by atoms with E-state index in [9.17, 15) is 8.42 Å². The first-order valence-corrected chi connectivity index (χ1v) is 9.03. The van der Waals surface area contributed by atoms with Gasteiger partial charge in [-0.3, -0.25) is 0 Å². The summed E-state index contributed by atoms with van der Waals surface area (Å²) in [5.74, 6) is 1.46. The molecule has 2 rings (SSSR count). The van der Waals surface area contributed by atoms with Gasteiger partial charge in [0.25, 0.3) is 0 Å². The molecule has 112 valence electrons. The summed E-state index contributed by atoms with van der Waals surface area (Å²) in [6.07, 6.45) is 3.48. The highest BCUT2D eigenvalue weighted by atomic mass is 32.2. The molecule has 0 amide bonds. The van der Waals surface area contributed by atoms with E-state index in [1.165, 1.54) is 6.26 Å². The second kappa shape index (κ2) is 5.64. The monoisotopic (exact) mass is 296 g/mol. The van der Waals surface area contributed by atoms with Crippen LogP contribution >= 0.6 is 0 Å². The van der Waals surface area contributed by atoms with Crippen LogP contribution in [0.1, 0.15) is 26.7 Å². The van der Waals surface area contributed by atoms with Gasteiger partial charge in [-0.1, -0.05) is 19.9 Å². The third kappa shape index (κ3) is 3.08. The van der Waals surface area contributed by atoms with Gasteiger partial charge < -0.3 is 10.6 Å². The van der Waals surface area contributed by atoms with Crippen LogP contribution in [0.2, 0.25) is 0 Å². The lowest BCUT2D eigenvalue weighted by Gasteiger charge is -2.36. The van der Waals surface area contributed by atoms with Crippen molar-refractivity contribution in [3.8, 4) is 0 Å². The van der Waals surface area contributed by atoms with Crippen LogP contribution in [0.5, 0.6) is 0 Å². The Morgan fingerprint density at radius 3 is 2.35 bits per heavy atom. The zero-order chi connectivity index (χ0) is 14.9. The first-order valence-electron chi connectivity index (χ1n) is 7.14. The molecule has 1 saturated heterocycles. The molecule has 0 aliphatic carbocycles. The number of benzene rings is 1. The lowest BCUT2D eigenvalue weighted by Crippen LogP contribution is -2.35. The van der Waals surface area contributed by atoms with Crippen molar-refractivity contribution in [2.75, 3.05) is 30.0 Å². The summed E-state index contributed by atoms with van der Waals surface area (Å²) in [4.78, 5) is 2.45. The summed E-state index contributed by atoms with van der Waals surface area (Å²) in [6, 6.07) is 5.27. The summed E-state index contributed by atoms with van der Waals surface area (Å²) in [7, 11) is -3.27. The predicted octanol–water partition coefficient (Wildman–Crippen LogP) is 2.54. The molecular formula is C15H24N2O2S. The van der Waals surface area contributed by atoms with E-state index in [-0.39, 0.29) is 4.90 Å². The molecule has 0 bridgehead atoms. The minimum absolute atomic E-state index is 0.237. The lowest BCUT2D eigenvalue weighted by atomic mass is 9.86. The van der Waals surface area contributed by atoms with Crippen molar-refractivity contribution in [2.45, 2.75) is 31.6 Å². The van der Waals surface area contributed by atoms with Gasteiger partial charge in [0.2, 0.25) is 0 Å². The molecule has 1 aromatic rings. The van der Waals surface area contributed by atoms with Gasteiger partial charge in [0, 0.05) is 19.3 Å². The van der Waals surface area contributed by atoms with Crippen LogP contribution in [-0.4, -0.2) is 27.8 Å². The Balaban J connectivity index is 2.23.